The predicted molar refractivity (Wildman–Crippen MR) is 139 cm³/mol. The number of hydrogen-bond donors (Lipinski definition) is 1. The van der Waals surface area contributed by atoms with E-state index in [1.807, 2.05) is 109 Å². The zero-order chi connectivity index (χ0) is 24.5. The normalized spacial score (nSPS) is 10.6. The molecule has 0 bridgehead atoms. The molecule has 5 rings (SSSR count). The van der Waals surface area contributed by atoms with Gasteiger partial charge in [0.05, 0.1) is 29.9 Å². The number of imidazole rings is 2. The fourth-order valence-corrected chi connectivity index (χ4v) is 3.78. The summed E-state index contributed by atoms with van der Waals surface area (Å²) >= 11 is 0. The van der Waals surface area contributed by atoms with Gasteiger partial charge < -0.3 is 9.88 Å². The maximum Gasteiger partial charge on any atom is 0.251 e. The smallest absolute Gasteiger partial charge is 0.251 e. The molecular formula is C28H30N6O. The number of nitrogens with zero attached hydrogens (tertiary/aromatic N) is 5. The topological polar surface area (TPSA) is 77.1 Å². The molecule has 0 saturated carbocycles. The number of rotatable bonds is 8. The van der Waals surface area contributed by atoms with Gasteiger partial charge in [0, 0.05) is 48.4 Å². The Hall–Kier alpha value is -4.26. The first-order valence-corrected chi connectivity index (χ1v) is 12.0. The zero-order valence-electron chi connectivity index (χ0n) is 20.1. The van der Waals surface area contributed by atoms with Gasteiger partial charge in [-0.3, -0.25) is 14.2 Å². The zero-order valence-corrected chi connectivity index (χ0v) is 20.1. The number of aromatic nitrogens is 5. The summed E-state index contributed by atoms with van der Waals surface area (Å²) in [6.07, 6.45) is 13.1. The minimum absolute atomic E-state index is 0.0623. The SMILES string of the molecule is CC.O=C(NCCCCn1ccnc1)c1ccc(-c2ncc3cnc(-c4ccccc4)cn23)cc1. The Morgan fingerprint density at radius 1 is 0.914 bits per heavy atom. The minimum Gasteiger partial charge on any atom is -0.352 e. The molecule has 3 aromatic heterocycles. The molecule has 35 heavy (non-hydrogen) atoms. The van der Waals surface area contributed by atoms with Crippen LogP contribution >= 0.6 is 0 Å². The number of unbranched alkanes of at least 4 members (excludes halogenated alkanes) is 1. The van der Waals surface area contributed by atoms with Gasteiger partial charge in [-0.15, -0.1) is 0 Å². The van der Waals surface area contributed by atoms with Crippen molar-refractivity contribution in [2.45, 2.75) is 33.2 Å². The average molecular weight is 467 g/mol. The molecule has 7 nitrogen and oxygen atoms in total. The Morgan fingerprint density at radius 3 is 2.43 bits per heavy atom. The van der Waals surface area contributed by atoms with Crippen LogP contribution in [0.4, 0.5) is 0 Å². The van der Waals surface area contributed by atoms with Crippen LogP contribution in [-0.4, -0.2) is 36.4 Å². The van der Waals surface area contributed by atoms with Crippen molar-refractivity contribution in [3.8, 4) is 22.6 Å². The summed E-state index contributed by atoms with van der Waals surface area (Å²) < 4.78 is 4.07. The first-order chi connectivity index (χ1) is 17.3. The lowest BCUT2D eigenvalue weighted by Gasteiger charge is -2.07. The van der Waals surface area contributed by atoms with Gasteiger partial charge in [-0.05, 0) is 25.0 Å². The third-order valence-corrected chi connectivity index (χ3v) is 5.58. The van der Waals surface area contributed by atoms with E-state index < -0.39 is 0 Å². The predicted octanol–water partition coefficient (Wildman–Crippen LogP) is 5.50. The monoisotopic (exact) mass is 466 g/mol. The van der Waals surface area contributed by atoms with Gasteiger partial charge in [-0.2, -0.15) is 0 Å². The Labute approximate surface area is 205 Å². The maximum absolute atomic E-state index is 12.5. The number of amides is 1. The quantitative estimate of drug-likeness (QED) is 0.307. The molecule has 178 valence electrons. The maximum atomic E-state index is 12.5. The number of fused-ring (bicyclic) bond motifs is 1. The van der Waals surface area contributed by atoms with E-state index in [9.17, 15) is 4.79 Å². The van der Waals surface area contributed by atoms with Crippen molar-refractivity contribution in [2.24, 2.45) is 0 Å². The van der Waals surface area contributed by atoms with Crippen LogP contribution in [0.15, 0.2) is 91.9 Å². The van der Waals surface area contributed by atoms with Crippen LogP contribution in [-0.2, 0) is 6.54 Å². The number of benzene rings is 2. The van der Waals surface area contributed by atoms with Crippen LogP contribution in [0.5, 0.6) is 0 Å². The van der Waals surface area contributed by atoms with Crippen molar-refractivity contribution < 1.29 is 4.79 Å². The highest BCUT2D eigenvalue weighted by Crippen LogP contribution is 2.23. The van der Waals surface area contributed by atoms with Crippen LogP contribution in [0, 0.1) is 0 Å². The highest BCUT2D eigenvalue weighted by molar-refractivity contribution is 5.94. The molecular weight excluding hydrogens is 436 g/mol. The van der Waals surface area contributed by atoms with Crippen molar-refractivity contribution in [1.82, 2.24) is 29.2 Å². The number of carbonyl (C=O) groups is 1. The molecule has 0 atom stereocenters. The standard InChI is InChI=1S/C26H24N6O.C2H6/c33-26(28-12-4-5-14-31-15-13-27-19-31)22-10-8-21(9-11-22)25-30-17-23-16-29-24(18-32(23)25)20-6-2-1-3-7-20;1-2/h1-3,6-11,13,15-19H,4-5,12,14H2,(H,28,33);1-2H3. The van der Waals surface area contributed by atoms with Gasteiger partial charge in [-0.1, -0.05) is 56.3 Å². The highest BCUT2D eigenvalue weighted by atomic mass is 16.1. The Morgan fingerprint density at radius 2 is 1.69 bits per heavy atom. The summed E-state index contributed by atoms with van der Waals surface area (Å²) in [6, 6.07) is 17.6. The summed E-state index contributed by atoms with van der Waals surface area (Å²) in [4.78, 5) is 25.7. The van der Waals surface area contributed by atoms with E-state index in [2.05, 4.69) is 20.3 Å². The summed E-state index contributed by atoms with van der Waals surface area (Å²) in [6.45, 7) is 5.56. The first kappa shape index (κ1) is 23.9. The molecule has 0 aliphatic heterocycles. The second-order valence-corrected chi connectivity index (χ2v) is 7.86. The van der Waals surface area contributed by atoms with Crippen LogP contribution < -0.4 is 5.32 Å². The molecule has 5 aromatic rings. The Balaban J connectivity index is 0.00000141. The molecule has 0 unspecified atom stereocenters. The van der Waals surface area contributed by atoms with Gasteiger partial charge in [0.25, 0.3) is 5.91 Å². The molecule has 2 aromatic carbocycles. The van der Waals surface area contributed by atoms with Crippen LogP contribution in [0.25, 0.3) is 28.2 Å². The van der Waals surface area contributed by atoms with Crippen LogP contribution in [0.2, 0.25) is 0 Å². The largest absolute Gasteiger partial charge is 0.352 e. The van der Waals surface area contributed by atoms with E-state index in [1.165, 1.54) is 0 Å². The van der Waals surface area contributed by atoms with E-state index in [1.54, 1.807) is 6.20 Å². The molecule has 0 aliphatic rings. The summed E-state index contributed by atoms with van der Waals surface area (Å²) in [7, 11) is 0. The van der Waals surface area contributed by atoms with Crippen LogP contribution in [0.3, 0.4) is 0 Å². The van der Waals surface area contributed by atoms with Crippen molar-refractivity contribution in [3.05, 3.63) is 97.5 Å². The van der Waals surface area contributed by atoms with Gasteiger partial charge in [0.2, 0.25) is 0 Å². The van der Waals surface area contributed by atoms with E-state index in [-0.39, 0.29) is 5.91 Å². The van der Waals surface area contributed by atoms with Gasteiger partial charge in [0.1, 0.15) is 5.82 Å². The Bertz CT molecular complexity index is 1340. The lowest BCUT2D eigenvalue weighted by molar-refractivity contribution is 0.0953. The second-order valence-electron chi connectivity index (χ2n) is 7.86. The number of aryl methyl sites for hydroxylation is 1. The van der Waals surface area contributed by atoms with E-state index in [0.717, 1.165) is 47.5 Å². The molecule has 1 N–H and O–H groups in total. The summed E-state index contributed by atoms with van der Waals surface area (Å²) in [5.74, 6) is 0.753. The summed E-state index contributed by atoms with van der Waals surface area (Å²) in [5.41, 5.74) is 4.43. The molecule has 0 fully saturated rings. The molecule has 0 saturated heterocycles. The molecule has 3 heterocycles. The number of hydrogen-bond acceptors (Lipinski definition) is 4. The van der Waals surface area contributed by atoms with Crippen molar-refractivity contribution in [1.29, 1.82) is 0 Å². The third kappa shape index (κ3) is 5.81. The molecule has 1 amide bonds. The molecule has 0 spiro atoms. The van der Waals surface area contributed by atoms with Gasteiger partial charge >= 0.3 is 0 Å². The number of nitrogens with one attached hydrogen (secondary N) is 1. The van der Waals surface area contributed by atoms with Gasteiger partial charge in [-0.25, -0.2) is 9.97 Å². The molecule has 0 aliphatic carbocycles. The molecule has 7 heteroatoms. The first-order valence-electron chi connectivity index (χ1n) is 12.0. The lowest BCUT2D eigenvalue weighted by atomic mass is 10.1. The average Bonchev–Trinajstić information content (AvgIpc) is 3.60. The second kappa shape index (κ2) is 11.7. The molecule has 0 radical (unpaired) electrons. The van der Waals surface area contributed by atoms with Crippen molar-refractivity contribution >= 4 is 11.4 Å². The fourth-order valence-electron chi connectivity index (χ4n) is 3.78. The Kier molecular flexibility index (Phi) is 8.01. The van der Waals surface area contributed by atoms with E-state index >= 15 is 0 Å². The lowest BCUT2D eigenvalue weighted by Crippen LogP contribution is -2.24. The van der Waals surface area contributed by atoms with E-state index in [4.69, 9.17) is 0 Å². The fraction of sp³-hybridized carbons (Fsp3) is 0.214. The summed E-state index contributed by atoms with van der Waals surface area (Å²) in [5, 5.41) is 3.00. The van der Waals surface area contributed by atoms with Crippen molar-refractivity contribution in [3.63, 3.8) is 0 Å². The van der Waals surface area contributed by atoms with Crippen LogP contribution in [0.1, 0.15) is 37.0 Å². The highest BCUT2D eigenvalue weighted by Gasteiger charge is 2.10. The van der Waals surface area contributed by atoms with Gasteiger partial charge in [0.15, 0.2) is 0 Å². The van der Waals surface area contributed by atoms with E-state index in [0.29, 0.717) is 12.1 Å². The minimum atomic E-state index is -0.0623. The third-order valence-electron chi connectivity index (χ3n) is 5.58. The number of carbonyl (C=O) groups excluding carboxylic acids is 1. The van der Waals surface area contributed by atoms with Crippen molar-refractivity contribution in [2.75, 3.05) is 6.54 Å².